The van der Waals surface area contributed by atoms with Crippen LogP contribution < -0.4 is 14.2 Å². The number of para-hydroxylation sites is 3. The van der Waals surface area contributed by atoms with E-state index in [9.17, 15) is 13.2 Å². The van der Waals surface area contributed by atoms with Gasteiger partial charge in [-0.2, -0.15) is 0 Å². The average Bonchev–Trinajstić information content (AvgIpc) is 2.82. The fraction of sp³-hybridized carbons (Fsp3) is 0.240. The minimum absolute atomic E-state index is 0.0549. The molecule has 0 saturated carbocycles. The zero-order valence-electron chi connectivity index (χ0n) is 18.9. The van der Waals surface area contributed by atoms with Crippen LogP contribution in [-0.2, 0) is 10.0 Å². The Hall–Kier alpha value is -3.52. The number of carbonyl (C=O) groups is 1. The third-order valence-corrected chi connectivity index (χ3v) is 6.48. The number of carbonyl (C=O) groups excluding carboxylic acids is 1. The third kappa shape index (κ3) is 6.26. The first kappa shape index (κ1) is 24.1. The second-order valence-corrected chi connectivity index (χ2v) is 9.21. The number of hydrogen-bond acceptors (Lipinski definition) is 5. The Morgan fingerprint density at radius 1 is 0.939 bits per heavy atom. The van der Waals surface area contributed by atoms with Crippen molar-refractivity contribution in [2.24, 2.45) is 0 Å². The fourth-order valence-electron chi connectivity index (χ4n) is 3.23. The molecular formula is C25H28N2O5S. The third-order valence-electron chi connectivity index (χ3n) is 5.10. The van der Waals surface area contributed by atoms with Crippen LogP contribution in [0.2, 0.25) is 0 Å². The van der Waals surface area contributed by atoms with Crippen LogP contribution in [0.5, 0.6) is 11.5 Å². The van der Waals surface area contributed by atoms with Crippen molar-refractivity contribution >= 4 is 21.6 Å². The summed E-state index contributed by atoms with van der Waals surface area (Å²) < 4.78 is 38.9. The smallest absolute Gasteiger partial charge is 0.262 e. The number of nitrogens with zero attached hydrogens (tertiary/aromatic N) is 1. The molecule has 0 fully saturated rings. The van der Waals surface area contributed by atoms with Gasteiger partial charge in [0.2, 0.25) is 0 Å². The monoisotopic (exact) mass is 468 g/mol. The molecule has 0 bridgehead atoms. The summed E-state index contributed by atoms with van der Waals surface area (Å²) in [5, 5.41) is 0. The maximum atomic E-state index is 12.7. The second-order valence-electron chi connectivity index (χ2n) is 7.52. The van der Waals surface area contributed by atoms with Gasteiger partial charge in [0, 0.05) is 19.2 Å². The summed E-state index contributed by atoms with van der Waals surface area (Å²) in [6.45, 7) is 3.00. The van der Waals surface area contributed by atoms with Gasteiger partial charge in [0.05, 0.1) is 24.3 Å². The molecule has 1 amide bonds. The number of hydrogen-bond donors (Lipinski definition) is 1. The van der Waals surface area contributed by atoms with Crippen LogP contribution >= 0.6 is 0 Å². The highest BCUT2D eigenvalue weighted by Gasteiger charge is 2.18. The molecule has 0 aliphatic rings. The zero-order chi connectivity index (χ0) is 23.8. The number of nitrogens with one attached hydrogen (secondary N) is 1. The molecule has 8 heteroatoms. The van der Waals surface area contributed by atoms with Gasteiger partial charge < -0.3 is 14.4 Å². The number of aryl methyl sites for hydroxylation is 1. The van der Waals surface area contributed by atoms with Crippen molar-refractivity contribution in [3.63, 3.8) is 0 Å². The van der Waals surface area contributed by atoms with Crippen molar-refractivity contribution in [3.05, 3.63) is 83.9 Å². The van der Waals surface area contributed by atoms with E-state index in [1.165, 1.54) is 31.4 Å². The van der Waals surface area contributed by atoms with Gasteiger partial charge in [-0.3, -0.25) is 9.52 Å². The van der Waals surface area contributed by atoms with Crippen LogP contribution in [0.15, 0.2) is 77.7 Å². The number of rotatable bonds is 10. The minimum Gasteiger partial charge on any atom is -0.495 e. The number of sulfonamides is 1. The van der Waals surface area contributed by atoms with Crippen LogP contribution in [0.4, 0.5) is 5.69 Å². The lowest BCUT2D eigenvalue weighted by Crippen LogP contribution is -2.28. The molecule has 3 aromatic carbocycles. The summed E-state index contributed by atoms with van der Waals surface area (Å²) >= 11 is 0. The number of amides is 1. The van der Waals surface area contributed by atoms with Crippen LogP contribution in [0, 0.1) is 6.92 Å². The average molecular weight is 469 g/mol. The highest BCUT2D eigenvalue weighted by Crippen LogP contribution is 2.26. The van der Waals surface area contributed by atoms with Gasteiger partial charge in [0.1, 0.15) is 11.5 Å². The largest absolute Gasteiger partial charge is 0.495 e. The van der Waals surface area contributed by atoms with E-state index in [0.29, 0.717) is 36.6 Å². The Morgan fingerprint density at radius 2 is 1.58 bits per heavy atom. The lowest BCUT2D eigenvalue weighted by molar-refractivity contribution is 0.0787. The molecule has 0 aliphatic carbocycles. The number of benzene rings is 3. The maximum Gasteiger partial charge on any atom is 0.262 e. The number of methoxy groups -OCH3 is 1. The highest BCUT2D eigenvalue weighted by molar-refractivity contribution is 7.92. The van der Waals surface area contributed by atoms with Crippen LogP contribution in [-0.4, -0.2) is 46.5 Å². The predicted octanol–water partition coefficient (Wildman–Crippen LogP) is 4.35. The summed E-state index contributed by atoms with van der Waals surface area (Å²) in [5.41, 5.74) is 1.82. The van der Waals surface area contributed by atoms with Crippen molar-refractivity contribution < 1.29 is 22.7 Å². The topological polar surface area (TPSA) is 84.9 Å². The minimum atomic E-state index is -3.83. The molecule has 174 valence electrons. The van der Waals surface area contributed by atoms with Crippen molar-refractivity contribution in [2.75, 3.05) is 32.0 Å². The van der Waals surface area contributed by atoms with E-state index < -0.39 is 10.0 Å². The Labute approximate surface area is 195 Å². The van der Waals surface area contributed by atoms with Gasteiger partial charge in [0.25, 0.3) is 15.9 Å². The molecule has 0 aromatic heterocycles. The summed E-state index contributed by atoms with van der Waals surface area (Å²) in [7, 11) is -0.644. The lowest BCUT2D eigenvalue weighted by atomic mass is 10.2. The Kier molecular flexibility index (Phi) is 7.95. The standard InChI is InChI=1S/C25H28N2O5S/c1-19-9-4-6-11-23(19)32-18-8-17-27(2)25(28)20-13-15-21(16-14-20)33(29,30)26-22-10-5-7-12-24(22)31-3/h4-7,9-16,26H,8,17-18H2,1-3H3. The fourth-order valence-corrected chi connectivity index (χ4v) is 4.30. The normalized spacial score (nSPS) is 11.0. The number of ether oxygens (including phenoxy) is 2. The van der Waals surface area contributed by atoms with Crippen LogP contribution in [0.25, 0.3) is 0 Å². The molecule has 0 radical (unpaired) electrons. The van der Waals surface area contributed by atoms with Crippen LogP contribution in [0.3, 0.4) is 0 Å². The Bertz CT molecular complexity index is 1190. The van der Waals surface area contributed by atoms with Gasteiger partial charge in [0.15, 0.2) is 0 Å². The molecule has 0 unspecified atom stereocenters. The molecule has 0 aliphatic heterocycles. The summed E-state index contributed by atoms with van der Waals surface area (Å²) in [5.74, 6) is 1.07. The van der Waals surface area contributed by atoms with E-state index in [4.69, 9.17) is 9.47 Å². The summed E-state index contributed by atoms with van der Waals surface area (Å²) in [4.78, 5) is 14.4. The van der Waals surface area contributed by atoms with E-state index in [2.05, 4.69) is 4.72 Å². The zero-order valence-corrected chi connectivity index (χ0v) is 19.8. The maximum absolute atomic E-state index is 12.7. The van der Waals surface area contributed by atoms with Crippen LogP contribution in [0.1, 0.15) is 22.3 Å². The van der Waals surface area contributed by atoms with E-state index in [1.807, 2.05) is 31.2 Å². The predicted molar refractivity (Wildman–Crippen MR) is 128 cm³/mol. The molecular weight excluding hydrogens is 440 g/mol. The SMILES string of the molecule is COc1ccccc1NS(=O)(=O)c1ccc(C(=O)N(C)CCCOc2ccccc2C)cc1. The molecule has 33 heavy (non-hydrogen) atoms. The molecule has 0 spiro atoms. The quantitative estimate of drug-likeness (QED) is 0.447. The number of anilines is 1. The van der Waals surface area contributed by atoms with E-state index >= 15 is 0 Å². The van der Waals surface area contributed by atoms with Gasteiger partial charge in [-0.05, 0) is 61.4 Å². The van der Waals surface area contributed by atoms with E-state index in [1.54, 1.807) is 36.2 Å². The molecule has 3 rings (SSSR count). The first-order chi connectivity index (χ1) is 15.8. The first-order valence-electron chi connectivity index (χ1n) is 10.5. The Balaban J connectivity index is 1.57. The van der Waals surface area contributed by atoms with Crippen molar-refractivity contribution in [1.29, 1.82) is 0 Å². The van der Waals surface area contributed by atoms with E-state index in [0.717, 1.165) is 11.3 Å². The summed E-state index contributed by atoms with van der Waals surface area (Å²) in [6.07, 6.45) is 0.672. The van der Waals surface area contributed by atoms with Crippen molar-refractivity contribution in [2.45, 2.75) is 18.2 Å². The molecule has 0 saturated heterocycles. The first-order valence-corrected chi connectivity index (χ1v) is 12.0. The molecule has 7 nitrogen and oxygen atoms in total. The van der Waals surface area contributed by atoms with Crippen molar-refractivity contribution in [1.82, 2.24) is 4.90 Å². The molecule has 0 atom stereocenters. The van der Waals surface area contributed by atoms with Gasteiger partial charge in [-0.1, -0.05) is 30.3 Å². The van der Waals surface area contributed by atoms with Gasteiger partial charge in [-0.15, -0.1) is 0 Å². The van der Waals surface area contributed by atoms with Crippen molar-refractivity contribution in [3.8, 4) is 11.5 Å². The Morgan fingerprint density at radius 3 is 2.24 bits per heavy atom. The summed E-state index contributed by atoms with van der Waals surface area (Å²) in [6, 6.07) is 20.4. The lowest BCUT2D eigenvalue weighted by Gasteiger charge is -2.18. The molecule has 0 heterocycles. The second kappa shape index (κ2) is 10.9. The molecule has 3 aromatic rings. The highest BCUT2D eigenvalue weighted by atomic mass is 32.2. The molecule has 1 N–H and O–H groups in total. The van der Waals surface area contributed by atoms with E-state index in [-0.39, 0.29) is 10.8 Å². The van der Waals surface area contributed by atoms with Gasteiger partial charge in [-0.25, -0.2) is 8.42 Å². The van der Waals surface area contributed by atoms with Gasteiger partial charge >= 0.3 is 0 Å².